The Balaban J connectivity index is 1.86. The lowest BCUT2D eigenvalue weighted by molar-refractivity contribution is 0.0231. The highest BCUT2D eigenvalue weighted by atomic mass is 19.3. The minimum Gasteiger partial charge on any atom is -0.491 e. The van der Waals surface area contributed by atoms with Crippen LogP contribution in [0.25, 0.3) is 0 Å². The number of alkyl halides is 3. The second kappa shape index (κ2) is 9.32. The standard InChI is InChI=1S/C19H21F3O3/c1-13(23)11-24-16-6-2-14(3-7-16)10-15-4-8-17(9-5-15)25-12-18(20)19(21)22/h2-9,13,18-19,23H,10-12H2,1H3. The van der Waals surface area contributed by atoms with Gasteiger partial charge in [-0.15, -0.1) is 0 Å². The molecule has 1 N–H and O–H groups in total. The van der Waals surface area contributed by atoms with Crippen molar-refractivity contribution in [3.63, 3.8) is 0 Å². The summed E-state index contributed by atoms with van der Waals surface area (Å²) in [4.78, 5) is 0. The predicted octanol–water partition coefficient (Wildman–Crippen LogP) is 4.02. The first-order valence-corrected chi connectivity index (χ1v) is 7.98. The van der Waals surface area contributed by atoms with Crippen LogP contribution in [0.15, 0.2) is 48.5 Å². The van der Waals surface area contributed by atoms with Crippen LogP contribution in [0, 0.1) is 0 Å². The molecule has 0 aliphatic carbocycles. The Morgan fingerprint density at radius 1 is 0.800 bits per heavy atom. The lowest BCUT2D eigenvalue weighted by Gasteiger charge is -2.10. The molecule has 2 aromatic rings. The topological polar surface area (TPSA) is 38.7 Å². The zero-order chi connectivity index (χ0) is 18.2. The highest BCUT2D eigenvalue weighted by molar-refractivity contribution is 5.34. The summed E-state index contributed by atoms with van der Waals surface area (Å²) in [6, 6.07) is 14.4. The molecule has 0 aliphatic heterocycles. The molecule has 0 radical (unpaired) electrons. The average Bonchev–Trinajstić information content (AvgIpc) is 2.60. The smallest absolute Gasteiger partial charge is 0.272 e. The van der Waals surface area contributed by atoms with Gasteiger partial charge in [0.05, 0.1) is 6.10 Å². The highest BCUT2D eigenvalue weighted by Gasteiger charge is 2.19. The van der Waals surface area contributed by atoms with Crippen molar-refractivity contribution in [3.8, 4) is 11.5 Å². The van der Waals surface area contributed by atoms with Crippen molar-refractivity contribution in [2.24, 2.45) is 0 Å². The Morgan fingerprint density at radius 2 is 1.24 bits per heavy atom. The summed E-state index contributed by atoms with van der Waals surface area (Å²) in [5.74, 6) is 1.04. The van der Waals surface area contributed by atoms with Gasteiger partial charge in [0.25, 0.3) is 6.43 Å². The second-order valence-electron chi connectivity index (χ2n) is 5.79. The molecular weight excluding hydrogens is 333 g/mol. The molecule has 136 valence electrons. The molecule has 2 rings (SSSR count). The molecule has 0 aromatic heterocycles. The Labute approximate surface area is 145 Å². The van der Waals surface area contributed by atoms with Crippen molar-refractivity contribution in [1.29, 1.82) is 0 Å². The molecule has 6 heteroatoms. The first-order chi connectivity index (χ1) is 11.9. The fraction of sp³-hybridized carbons (Fsp3) is 0.368. The summed E-state index contributed by atoms with van der Waals surface area (Å²) in [6.45, 7) is 1.24. The van der Waals surface area contributed by atoms with E-state index in [-0.39, 0.29) is 6.61 Å². The van der Waals surface area contributed by atoms with Crippen molar-refractivity contribution >= 4 is 0 Å². The van der Waals surface area contributed by atoms with E-state index in [9.17, 15) is 18.3 Å². The number of hydrogen-bond donors (Lipinski definition) is 1. The Bertz CT molecular complexity index is 627. The zero-order valence-corrected chi connectivity index (χ0v) is 13.9. The zero-order valence-electron chi connectivity index (χ0n) is 13.9. The van der Waals surface area contributed by atoms with Crippen LogP contribution in [0.3, 0.4) is 0 Å². The van der Waals surface area contributed by atoms with E-state index in [0.717, 1.165) is 11.1 Å². The average molecular weight is 354 g/mol. The molecule has 0 bridgehead atoms. The van der Waals surface area contributed by atoms with E-state index in [1.165, 1.54) is 0 Å². The van der Waals surface area contributed by atoms with E-state index < -0.39 is 25.3 Å². The molecule has 3 nitrogen and oxygen atoms in total. The van der Waals surface area contributed by atoms with E-state index >= 15 is 0 Å². The maximum Gasteiger partial charge on any atom is 0.272 e. The Morgan fingerprint density at radius 3 is 1.64 bits per heavy atom. The number of ether oxygens (including phenoxy) is 2. The molecule has 0 aliphatic rings. The normalized spacial score (nSPS) is 13.5. The quantitative estimate of drug-likeness (QED) is 0.739. The third kappa shape index (κ3) is 6.66. The maximum atomic E-state index is 12.8. The number of rotatable bonds is 9. The third-order valence-electron chi connectivity index (χ3n) is 3.43. The first-order valence-electron chi connectivity index (χ1n) is 7.98. The lowest BCUT2D eigenvalue weighted by Crippen LogP contribution is -2.20. The summed E-state index contributed by atoms with van der Waals surface area (Å²) in [5, 5.41) is 9.19. The van der Waals surface area contributed by atoms with Crippen LogP contribution < -0.4 is 9.47 Å². The number of hydrogen-bond acceptors (Lipinski definition) is 3. The summed E-state index contributed by atoms with van der Waals surface area (Å²) in [6.07, 6.45) is -5.16. The van der Waals surface area contributed by atoms with Crippen LogP contribution in [-0.2, 0) is 6.42 Å². The molecule has 0 fully saturated rings. The molecule has 25 heavy (non-hydrogen) atoms. The third-order valence-corrected chi connectivity index (χ3v) is 3.43. The summed E-state index contributed by atoms with van der Waals surface area (Å²) in [5.41, 5.74) is 2.08. The van der Waals surface area contributed by atoms with Gasteiger partial charge in [0, 0.05) is 0 Å². The number of aliphatic hydroxyl groups is 1. The van der Waals surface area contributed by atoms with Crippen molar-refractivity contribution < 1.29 is 27.8 Å². The van der Waals surface area contributed by atoms with Crippen molar-refractivity contribution in [1.82, 2.24) is 0 Å². The first kappa shape index (κ1) is 19.1. The monoisotopic (exact) mass is 354 g/mol. The molecule has 0 saturated carbocycles. The van der Waals surface area contributed by atoms with Crippen LogP contribution in [0.1, 0.15) is 18.1 Å². The van der Waals surface area contributed by atoms with Gasteiger partial charge in [-0.2, -0.15) is 0 Å². The van der Waals surface area contributed by atoms with Crippen LogP contribution in [0.4, 0.5) is 13.2 Å². The van der Waals surface area contributed by atoms with Crippen molar-refractivity contribution in [2.45, 2.75) is 32.0 Å². The van der Waals surface area contributed by atoms with Gasteiger partial charge in [-0.25, -0.2) is 13.2 Å². The molecule has 0 heterocycles. The lowest BCUT2D eigenvalue weighted by atomic mass is 10.0. The van der Waals surface area contributed by atoms with E-state index in [4.69, 9.17) is 9.47 Å². The summed E-state index contributed by atoms with van der Waals surface area (Å²) < 4.78 is 47.4. The highest BCUT2D eigenvalue weighted by Crippen LogP contribution is 2.19. The summed E-state index contributed by atoms with van der Waals surface area (Å²) in [7, 11) is 0. The minimum absolute atomic E-state index is 0.242. The second-order valence-corrected chi connectivity index (χ2v) is 5.79. The Kier molecular flexibility index (Phi) is 7.13. The molecular formula is C19H21F3O3. The van der Waals surface area contributed by atoms with E-state index in [2.05, 4.69) is 0 Å². The van der Waals surface area contributed by atoms with E-state index in [1.54, 1.807) is 19.1 Å². The Hall–Kier alpha value is -2.21. The van der Waals surface area contributed by atoms with Crippen molar-refractivity contribution in [3.05, 3.63) is 59.7 Å². The fourth-order valence-corrected chi connectivity index (χ4v) is 2.11. The fourth-order valence-electron chi connectivity index (χ4n) is 2.11. The predicted molar refractivity (Wildman–Crippen MR) is 89.3 cm³/mol. The van der Waals surface area contributed by atoms with Gasteiger partial charge in [0.1, 0.15) is 24.7 Å². The van der Waals surface area contributed by atoms with Gasteiger partial charge in [-0.05, 0) is 48.7 Å². The number of aliphatic hydroxyl groups excluding tert-OH is 1. The van der Waals surface area contributed by atoms with E-state index in [0.29, 0.717) is 17.9 Å². The molecule has 0 spiro atoms. The van der Waals surface area contributed by atoms with Gasteiger partial charge in [-0.3, -0.25) is 0 Å². The van der Waals surface area contributed by atoms with Crippen molar-refractivity contribution in [2.75, 3.05) is 13.2 Å². The molecule has 0 saturated heterocycles. The van der Waals surface area contributed by atoms with Gasteiger partial charge in [-0.1, -0.05) is 24.3 Å². The maximum absolute atomic E-state index is 12.8. The molecule has 2 aromatic carbocycles. The minimum atomic E-state index is -3.04. The largest absolute Gasteiger partial charge is 0.491 e. The van der Waals surface area contributed by atoms with Crippen LogP contribution in [0.2, 0.25) is 0 Å². The van der Waals surface area contributed by atoms with Gasteiger partial charge in [0.15, 0.2) is 6.17 Å². The summed E-state index contributed by atoms with van der Waals surface area (Å²) >= 11 is 0. The van der Waals surface area contributed by atoms with Gasteiger partial charge < -0.3 is 14.6 Å². The molecule has 2 unspecified atom stereocenters. The van der Waals surface area contributed by atoms with Gasteiger partial charge in [0.2, 0.25) is 0 Å². The molecule has 2 atom stereocenters. The van der Waals surface area contributed by atoms with E-state index in [1.807, 2.05) is 36.4 Å². The molecule has 0 amide bonds. The SMILES string of the molecule is CC(O)COc1ccc(Cc2ccc(OCC(F)C(F)F)cc2)cc1. The van der Waals surface area contributed by atoms with Crippen LogP contribution in [0.5, 0.6) is 11.5 Å². The number of halogens is 3. The van der Waals surface area contributed by atoms with Crippen LogP contribution in [-0.4, -0.2) is 37.0 Å². The number of benzene rings is 2. The van der Waals surface area contributed by atoms with Crippen LogP contribution >= 0.6 is 0 Å². The van der Waals surface area contributed by atoms with Gasteiger partial charge >= 0.3 is 0 Å².